The zero-order chi connectivity index (χ0) is 19.2. The van der Waals surface area contributed by atoms with E-state index in [0.29, 0.717) is 25.1 Å². The minimum Gasteiger partial charge on any atom is -0.434 e. The highest BCUT2D eigenvalue weighted by atomic mass is 19.3. The van der Waals surface area contributed by atoms with Gasteiger partial charge in [0.15, 0.2) is 0 Å². The smallest absolute Gasteiger partial charge is 0.387 e. The number of amides is 2. The number of piperidine rings is 1. The fourth-order valence-corrected chi connectivity index (χ4v) is 3.15. The number of rotatable bonds is 5. The van der Waals surface area contributed by atoms with Crippen molar-refractivity contribution in [3.8, 4) is 5.75 Å². The van der Waals surface area contributed by atoms with Crippen LogP contribution in [-0.4, -0.2) is 36.4 Å². The average molecular weight is 374 g/mol. The summed E-state index contributed by atoms with van der Waals surface area (Å²) in [5.41, 5.74) is 0.767. The summed E-state index contributed by atoms with van der Waals surface area (Å²) in [6, 6.07) is 15.0. The lowest BCUT2D eigenvalue weighted by Crippen LogP contribution is -2.43. The van der Waals surface area contributed by atoms with Crippen LogP contribution in [0.3, 0.4) is 0 Å². The number of carbonyl (C=O) groups is 2. The molecule has 2 amide bonds. The van der Waals surface area contributed by atoms with Gasteiger partial charge in [-0.3, -0.25) is 9.59 Å². The zero-order valence-corrected chi connectivity index (χ0v) is 14.6. The summed E-state index contributed by atoms with van der Waals surface area (Å²) in [6.07, 6.45) is 1.33. The number of carbonyl (C=O) groups excluding carboxylic acids is 2. The van der Waals surface area contributed by atoms with Crippen LogP contribution >= 0.6 is 0 Å². The molecule has 1 fully saturated rings. The van der Waals surface area contributed by atoms with Gasteiger partial charge in [-0.05, 0) is 37.1 Å². The standard InChI is InChI=1S/C20H20F2N2O3/c21-20(22)27-17-11-5-4-10-16(17)19(26)24-12-6-7-14(13-24)18(25)23-15-8-2-1-3-9-15/h1-5,8-11,14,20H,6-7,12-13H2,(H,23,25)/t14-/m0/s1. The molecule has 7 heteroatoms. The Morgan fingerprint density at radius 1 is 1.07 bits per heavy atom. The van der Waals surface area contributed by atoms with E-state index >= 15 is 0 Å². The Morgan fingerprint density at radius 2 is 1.78 bits per heavy atom. The second-order valence-electron chi connectivity index (χ2n) is 6.32. The van der Waals surface area contributed by atoms with Gasteiger partial charge in [0.05, 0.1) is 11.5 Å². The molecular weight excluding hydrogens is 354 g/mol. The first-order valence-electron chi connectivity index (χ1n) is 8.73. The van der Waals surface area contributed by atoms with E-state index in [-0.39, 0.29) is 29.7 Å². The van der Waals surface area contributed by atoms with Gasteiger partial charge in [0.2, 0.25) is 5.91 Å². The second-order valence-corrected chi connectivity index (χ2v) is 6.32. The van der Waals surface area contributed by atoms with Gasteiger partial charge in [-0.1, -0.05) is 30.3 Å². The summed E-state index contributed by atoms with van der Waals surface area (Å²) in [5.74, 6) is -1.08. The van der Waals surface area contributed by atoms with Crippen LogP contribution in [0.4, 0.5) is 14.5 Å². The van der Waals surface area contributed by atoms with Crippen LogP contribution in [0.1, 0.15) is 23.2 Å². The number of nitrogens with one attached hydrogen (secondary N) is 1. The van der Waals surface area contributed by atoms with Crippen molar-refractivity contribution in [2.75, 3.05) is 18.4 Å². The summed E-state index contributed by atoms with van der Waals surface area (Å²) in [7, 11) is 0. The Bertz CT molecular complexity index is 799. The molecule has 0 aliphatic carbocycles. The van der Waals surface area contributed by atoms with Crippen molar-refractivity contribution in [2.45, 2.75) is 19.5 Å². The highest BCUT2D eigenvalue weighted by Gasteiger charge is 2.30. The van der Waals surface area contributed by atoms with E-state index in [1.807, 2.05) is 18.2 Å². The normalized spacial score (nSPS) is 16.9. The number of ether oxygens (including phenoxy) is 1. The molecule has 2 aromatic rings. The van der Waals surface area contributed by atoms with Gasteiger partial charge in [-0.2, -0.15) is 8.78 Å². The molecule has 27 heavy (non-hydrogen) atoms. The molecule has 1 N–H and O–H groups in total. The third-order valence-electron chi connectivity index (χ3n) is 4.45. The molecular formula is C20H20F2N2O3. The molecule has 0 radical (unpaired) electrons. The lowest BCUT2D eigenvalue weighted by atomic mass is 9.96. The molecule has 1 heterocycles. The zero-order valence-electron chi connectivity index (χ0n) is 14.6. The summed E-state index contributed by atoms with van der Waals surface area (Å²) < 4.78 is 29.6. The second kappa shape index (κ2) is 8.62. The molecule has 2 aromatic carbocycles. The number of likely N-dealkylation sites (tertiary alicyclic amines) is 1. The molecule has 142 valence electrons. The van der Waals surface area contributed by atoms with Crippen molar-refractivity contribution < 1.29 is 23.1 Å². The quantitative estimate of drug-likeness (QED) is 0.867. The molecule has 1 aliphatic rings. The first kappa shape index (κ1) is 18.8. The molecule has 1 atom stereocenters. The van der Waals surface area contributed by atoms with E-state index in [1.165, 1.54) is 23.1 Å². The van der Waals surface area contributed by atoms with Crippen LogP contribution in [0.5, 0.6) is 5.75 Å². The van der Waals surface area contributed by atoms with E-state index in [2.05, 4.69) is 10.1 Å². The summed E-state index contributed by atoms with van der Waals surface area (Å²) in [5, 5.41) is 2.85. The Morgan fingerprint density at radius 3 is 2.52 bits per heavy atom. The number of nitrogens with zero attached hydrogens (tertiary/aromatic N) is 1. The van der Waals surface area contributed by atoms with E-state index in [0.717, 1.165) is 0 Å². The van der Waals surface area contributed by atoms with Gasteiger partial charge < -0.3 is 15.0 Å². The average Bonchev–Trinajstić information content (AvgIpc) is 2.68. The van der Waals surface area contributed by atoms with Crippen LogP contribution in [0.25, 0.3) is 0 Å². The molecule has 0 aromatic heterocycles. The predicted molar refractivity (Wildman–Crippen MR) is 96.8 cm³/mol. The molecule has 1 saturated heterocycles. The van der Waals surface area contributed by atoms with E-state index in [9.17, 15) is 18.4 Å². The first-order chi connectivity index (χ1) is 13.0. The van der Waals surface area contributed by atoms with Gasteiger partial charge in [-0.25, -0.2) is 0 Å². The maximum atomic E-state index is 12.8. The van der Waals surface area contributed by atoms with Crippen LogP contribution in [0.2, 0.25) is 0 Å². The van der Waals surface area contributed by atoms with Gasteiger partial charge in [0, 0.05) is 18.8 Å². The van der Waals surface area contributed by atoms with Gasteiger partial charge in [-0.15, -0.1) is 0 Å². The van der Waals surface area contributed by atoms with Crippen molar-refractivity contribution in [2.24, 2.45) is 5.92 Å². The van der Waals surface area contributed by atoms with Crippen LogP contribution < -0.4 is 10.1 Å². The fraction of sp³-hybridized carbons (Fsp3) is 0.300. The lowest BCUT2D eigenvalue weighted by Gasteiger charge is -2.32. The van der Waals surface area contributed by atoms with E-state index in [4.69, 9.17) is 0 Å². The third kappa shape index (κ3) is 4.81. The predicted octanol–water partition coefficient (Wildman–Crippen LogP) is 3.78. The van der Waals surface area contributed by atoms with Crippen molar-refractivity contribution in [1.29, 1.82) is 0 Å². The lowest BCUT2D eigenvalue weighted by molar-refractivity contribution is -0.121. The molecule has 0 unspecified atom stereocenters. The molecule has 5 nitrogen and oxygen atoms in total. The Kier molecular flexibility index (Phi) is 6.01. The first-order valence-corrected chi connectivity index (χ1v) is 8.73. The minimum absolute atomic E-state index is 0.0712. The number of anilines is 1. The molecule has 3 rings (SSSR count). The highest BCUT2D eigenvalue weighted by molar-refractivity contribution is 5.98. The van der Waals surface area contributed by atoms with Crippen molar-refractivity contribution in [3.05, 3.63) is 60.2 Å². The van der Waals surface area contributed by atoms with Crippen molar-refractivity contribution in [3.63, 3.8) is 0 Å². The Balaban J connectivity index is 1.69. The third-order valence-corrected chi connectivity index (χ3v) is 4.45. The van der Waals surface area contributed by atoms with E-state index in [1.54, 1.807) is 18.2 Å². The largest absolute Gasteiger partial charge is 0.434 e. The monoisotopic (exact) mass is 374 g/mol. The maximum absolute atomic E-state index is 12.8. The summed E-state index contributed by atoms with van der Waals surface area (Å²) in [4.78, 5) is 26.8. The van der Waals surface area contributed by atoms with E-state index < -0.39 is 12.5 Å². The number of hydrogen-bond acceptors (Lipinski definition) is 3. The van der Waals surface area contributed by atoms with Crippen LogP contribution in [0.15, 0.2) is 54.6 Å². The molecule has 1 aliphatic heterocycles. The Labute approximate surface area is 155 Å². The van der Waals surface area contributed by atoms with Crippen LogP contribution in [-0.2, 0) is 4.79 Å². The van der Waals surface area contributed by atoms with Crippen molar-refractivity contribution in [1.82, 2.24) is 4.90 Å². The van der Waals surface area contributed by atoms with Gasteiger partial charge in [0.25, 0.3) is 5.91 Å². The summed E-state index contributed by atoms with van der Waals surface area (Å²) in [6.45, 7) is -2.30. The number of para-hydroxylation sites is 2. The van der Waals surface area contributed by atoms with Crippen molar-refractivity contribution >= 4 is 17.5 Å². The molecule has 0 bridgehead atoms. The maximum Gasteiger partial charge on any atom is 0.387 e. The Hall–Kier alpha value is -2.96. The number of halogens is 2. The molecule has 0 spiro atoms. The number of benzene rings is 2. The van der Waals surface area contributed by atoms with Gasteiger partial charge >= 0.3 is 6.61 Å². The SMILES string of the molecule is O=C(Nc1ccccc1)[C@H]1CCCN(C(=O)c2ccccc2OC(F)F)C1. The fourth-order valence-electron chi connectivity index (χ4n) is 3.15. The number of hydrogen-bond donors (Lipinski definition) is 1. The summed E-state index contributed by atoms with van der Waals surface area (Å²) >= 11 is 0. The minimum atomic E-state index is -3.01. The van der Waals surface area contributed by atoms with Gasteiger partial charge in [0.1, 0.15) is 5.75 Å². The van der Waals surface area contributed by atoms with Crippen LogP contribution in [0, 0.1) is 5.92 Å². The highest BCUT2D eigenvalue weighted by Crippen LogP contribution is 2.25. The number of alkyl halides is 2. The molecule has 0 saturated carbocycles. The topological polar surface area (TPSA) is 58.6 Å².